The number of hydrogen-bond acceptors (Lipinski definition) is 3. The van der Waals surface area contributed by atoms with Gasteiger partial charge >= 0.3 is 0 Å². The van der Waals surface area contributed by atoms with E-state index in [0.29, 0.717) is 0 Å². The lowest BCUT2D eigenvalue weighted by Gasteiger charge is -2.14. The minimum atomic E-state index is 0.729. The van der Waals surface area contributed by atoms with Crippen molar-refractivity contribution < 1.29 is 9.47 Å². The highest BCUT2D eigenvalue weighted by atomic mass is 16.5. The van der Waals surface area contributed by atoms with Crippen LogP contribution in [0.15, 0.2) is 48.5 Å². The van der Waals surface area contributed by atoms with Crippen LogP contribution in [0.3, 0.4) is 0 Å². The Kier molecular flexibility index (Phi) is 3.48. The number of methoxy groups -OCH3 is 2. The number of ether oxygens (including phenoxy) is 2. The van der Waals surface area contributed by atoms with Gasteiger partial charge in [0.15, 0.2) is 11.5 Å². The lowest BCUT2D eigenvalue weighted by atomic mass is 9.99. The Balaban J connectivity index is 2.31. The number of aryl methyl sites for hydroxylation is 1. The van der Waals surface area contributed by atoms with Gasteiger partial charge in [0.25, 0.3) is 0 Å². The van der Waals surface area contributed by atoms with Gasteiger partial charge in [-0.3, -0.25) is 4.98 Å². The molecule has 2 aromatic carbocycles. The first-order valence-corrected chi connectivity index (χ1v) is 6.82. The lowest BCUT2D eigenvalue weighted by molar-refractivity contribution is 0.356. The van der Waals surface area contributed by atoms with Crippen LogP contribution in [0.1, 0.15) is 5.69 Å². The second-order valence-electron chi connectivity index (χ2n) is 4.87. The third kappa shape index (κ3) is 2.31. The van der Waals surface area contributed by atoms with Crippen molar-refractivity contribution in [2.45, 2.75) is 6.92 Å². The molecule has 0 bridgehead atoms. The van der Waals surface area contributed by atoms with Gasteiger partial charge in [-0.15, -0.1) is 0 Å². The Morgan fingerprint density at radius 1 is 0.810 bits per heavy atom. The molecule has 0 aliphatic carbocycles. The summed E-state index contributed by atoms with van der Waals surface area (Å²) >= 11 is 0. The Labute approximate surface area is 124 Å². The van der Waals surface area contributed by atoms with Crippen LogP contribution in [-0.4, -0.2) is 19.2 Å². The van der Waals surface area contributed by atoms with Gasteiger partial charge in [0, 0.05) is 16.6 Å². The number of fused-ring (bicyclic) bond motifs is 1. The molecule has 0 saturated carbocycles. The van der Waals surface area contributed by atoms with E-state index in [0.717, 1.165) is 39.2 Å². The maximum atomic E-state index is 5.55. The molecule has 3 nitrogen and oxygen atoms in total. The first-order chi connectivity index (χ1) is 10.2. The van der Waals surface area contributed by atoms with Crippen LogP contribution >= 0.6 is 0 Å². The van der Waals surface area contributed by atoms with E-state index in [1.807, 2.05) is 43.3 Å². The molecule has 1 aromatic heterocycles. The zero-order chi connectivity index (χ0) is 14.8. The van der Waals surface area contributed by atoms with E-state index < -0.39 is 0 Å². The van der Waals surface area contributed by atoms with E-state index in [9.17, 15) is 0 Å². The molecule has 0 amide bonds. The number of benzene rings is 2. The lowest BCUT2D eigenvalue weighted by Crippen LogP contribution is -1.94. The quantitative estimate of drug-likeness (QED) is 0.719. The van der Waals surface area contributed by atoms with E-state index in [-0.39, 0.29) is 0 Å². The van der Waals surface area contributed by atoms with Gasteiger partial charge in [0.2, 0.25) is 0 Å². The van der Waals surface area contributed by atoms with Crippen LogP contribution < -0.4 is 9.47 Å². The smallest absolute Gasteiger partial charge is 0.168 e. The minimum absolute atomic E-state index is 0.729. The fourth-order valence-corrected chi connectivity index (χ4v) is 2.59. The van der Waals surface area contributed by atoms with Crippen molar-refractivity contribution >= 4 is 10.9 Å². The third-order valence-corrected chi connectivity index (χ3v) is 3.56. The zero-order valence-electron chi connectivity index (χ0n) is 12.4. The van der Waals surface area contributed by atoms with Gasteiger partial charge in [-0.25, -0.2) is 0 Å². The van der Waals surface area contributed by atoms with E-state index in [1.54, 1.807) is 14.2 Å². The van der Waals surface area contributed by atoms with Crippen LogP contribution in [0.25, 0.3) is 22.0 Å². The summed E-state index contributed by atoms with van der Waals surface area (Å²) in [7, 11) is 3.31. The molecule has 0 fully saturated rings. The number of para-hydroxylation sites is 1. The summed E-state index contributed by atoms with van der Waals surface area (Å²) in [5.41, 5.74) is 4.10. The number of pyridine rings is 1. The Hall–Kier alpha value is -2.55. The van der Waals surface area contributed by atoms with Gasteiger partial charge in [-0.2, -0.15) is 0 Å². The third-order valence-electron chi connectivity index (χ3n) is 3.56. The molecule has 0 spiro atoms. The largest absolute Gasteiger partial charge is 0.493 e. The highest BCUT2D eigenvalue weighted by molar-refractivity contribution is 5.96. The number of nitrogens with zero attached hydrogens (tertiary/aromatic N) is 1. The van der Waals surface area contributed by atoms with Gasteiger partial charge < -0.3 is 9.47 Å². The maximum absolute atomic E-state index is 5.55. The summed E-state index contributed by atoms with van der Waals surface area (Å²) in [4.78, 5) is 4.59. The molecule has 0 saturated heterocycles. The topological polar surface area (TPSA) is 31.4 Å². The summed E-state index contributed by atoms with van der Waals surface area (Å²) in [6, 6.07) is 16.2. The Morgan fingerprint density at radius 3 is 2.33 bits per heavy atom. The minimum Gasteiger partial charge on any atom is -0.493 e. The predicted molar refractivity (Wildman–Crippen MR) is 85.0 cm³/mol. The van der Waals surface area contributed by atoms with Crippen molar-refractivity contribution in [1.82, 2.24) is 4.98 Å². The standard InChI is InChI=1S/C18H17NO2/c1-12-10-11-14-13(6-4-8-16(14)19-12)15-7-5-9-17(20-2)18(15)21-3/h4-11H,1-3H3. The van der Waals surface area contributed by atoms with Crippen LogP contribution in [0.4, 0.5) is 0 Å². The fraction of sp³-hybridized carbons (Fsp3) is 0.167. The molecule has 3 heteroatoms. The molecular formula is C18H17NO2. The molecule has 3 aromatic rings. The Morgan fingerprint density at radius 2 is 1.57 bits per heavy atom. The van der Waals surface area contributed by atoms with Gasteiger partial charge in [-0.1, -0.05) is 30.3 Å². The van der Waals surface area contributed by atoms with Crippen LogP contribution in [0.2, 0.25) is 0 Å². The molecule has 106 valence electrons. The monoisotopic (exact) mass is 279 g/mol. The molecule has 0 radical (unpaired) electrons. The molecule has 1 heterocycles. The highest BCUT2D eigenvalue weighted by Crippen LogP contribution is 2.40. The molecule has 0 aliphatic rings. The number of aromatic nitrogens is 1. The van der Waals surface area contributed by atoms with Crippen molar-refractivity contribution in [2.24, 2.45) is 0 Å². The van der Waals surface area contributed by atoms with Crippen molar-refractivity contribution in [3.8, 4) is 22.6 Å². The normalized spacial score (nSPS) is 10.6. The summed E-state index contributed by atoms with van der Waals surface area (Å²) in [5, 5.41) is 1.11. The second kappa shape index (κ2) is 5.44. The SMILES string of the molecule is COc1cccc(-c2cccc3nc(C)ccc23)c1OC. The Bertz CT molecular complexity index is 796. The molecule has 0 aliphatic heterocycles. The van der Waals surface area contributed by atoms with E-state index in [2.05, 4.69) is 17.1 Å². The molecule has 0 N–H and O–H groups in total. The van der Waals surface area contributed by atoms with Crippen molar-refractivity contribution in [2.75, 3.05) is 14.2 Å². The number of hydrogen-bond donors (Lipinski definition) is 0. The van der Waals surface area contributed by atoms with Crippen molar-refractivity contribution in [1.29, 1.82) is 0 Å². The van der Waals surface area contributed by atoms with E-state index >= 15 is 0 Å². The summed E-state index contributed by atoms with van der Waals surface area (Å²) < 4.78 is 10.9. The first kappa shape index (κ1) is 13.4. The molecule has 21 heavy (non-hydrogen) atoms. The van der Waals surface area contributed by atoms with E-state index in [4.69, 9.17) is 9.47 Å². The zero-order valence-corrected chi connectivity index (χ0v) is 12.4. The first-order valence-electron chi connectivity index (χ1n) is 6.82. The van der Waals surface area contributed by atoms with E-state index in [1.165, 1.54) is 0 Å². The van der Waals surface area contributed by atoms with Crippen LogP contribution in [0, 0.1) is 6.92 Å². The fourth-order valence-electron chi connectivity index (χ4n) is 2.59. The van der Waals surface area contributed by atoms with Crippen LogP contribution in [0.5, 0.6) is 11.5 Å². The highest BCUT2D eigenvalue weighted by Gasteiger charge is 2.13. The van der Waals surface area contributed by atoms with Gasteiger partial charge in [0.1, 0.15) is 0 Å². The number of rotatable bonds is 3. The van der Waals surface area contributed by atoms with Crippen molar-refractivity contribution in [3.63, 3.8) is 0 Å². The summed E-state index contributed by atoms with van der Waals surface area (Å²) in [5.74, 6) is 1.47. The second-order valence-corrected chi connectivity index (χ2v) is 4.87. The maximum Gasteiger partial charge on any atom is 0.168 e. The summed E-state index contributed by atoms with van der Waals surface area (Å²) in [6.45, 7) is 2.00. The van der Waals surface area contributed by atoms with Gasteiger partial charge in [-0.05, 0) is 30.7 Å². The van der Waals surface area contributed by atoms with Gasteiger partial charge in [0.05, 0.1) is 19.7 Å². The molecular weight excluding hydrogens is 262 g/mol. The molecule has 0 atom stereocenters. The molecule has 0 unspecified atom stereocenters. The summed E-state index contributed by atoms with van der Waals surface area (Å²) in [6.07, 6.45) is 0. The average Bonchev–Trinajstić information content (AvgIpc) is 2.53. The van der Waals surface area contributed by atoms with Crippen LogP contribution in [-0.2, 0) is 0 Å². The average molecular weight is 279 g/mol. The predicted octanol–water partition coefficient (Wildman–Crippen LogP) is 4.23. The molecule has 3 rings (SSSR count). The van der Waals surface area contributed by atoms with Crippen molar-refractivity contribution in [3.05, 3.63) is 54.2 Å².